The van der Waals surface area contributed by atoms with E-state index in [1.165, 1.54) is 43.7 Å². The fourth-order valence-electron chi connectivity index (χ4n) is 8.30. The average molecular weight is 625 g/mol. The molecule has 0 aliphatic carbocycles. The van der Waals surface area contributed by atoms with Crippen molar-refractivity contribution in [2.45, 2.75) is 0 Å². The number of fused-ring (bicyclic) bond motifs is 14. The molecule has 0 radical (unpaired) electrons. The van der Waals surface area contributed by atoms with Crippen molar-refractivity contribution in [2.24, 2.45) is 0 Å². The van der Waals surface area contributed by atoms with Crippen molar-refractivity contribution in [2.75, 3.05) is 0 Å². The Bertz CT molecular complexity index is 3330. The maximum Gasteiger partial charge on any atom is 0.165 e. The highest BCUT2D eigenvalue weighted by molar-refractivity contribution is 6.32. The number of para-hydroxylation sites is 5. The lowest BCUT2D eigenvalue weighted by atomic mass is 9.99. The minimum absolute atomic E-state index is 0.851. The predicted octanol–water partition coefficient (Wildman–Crippen LogP) is 11.4. The number of rotatable bonds is 2. The quantitative estimate of drug-likeness (QED) is 0.192. The van der Waals surface area contributed by atoms with Crippen molar-refractivity contribution in [3.05, 3.63) is 146 Å². The van der Waals surface area contributed by atoms with E-state index in [1.807, 2.05) is 36.4 Å². The minimum atomic E-state index is 0.851. The highest BCUT2D eigenvalue weighted by Crippen LogP contribution is 2.46. The van der Waals surface area contributed by atoms with Gasteiger partial charge in [0, 0.05) is 38.0 Å². The summed E-state index contributed by atoms with van der Waals surface area (Å²) in [5, 5.41) is 8.08. The number of furan rings is 1. The first-order valence-corrected chi connectivity index (χ1v) is 16.6. The monoisotopic (exact) mass is 624 g/mol. The molecule has 5 nitrogen and oxygen atoms in total. The van der Waals surface area contributed by atoms with Gasteiger partial charge >= 0.3 is 0 Å². The van der Waals surface area contributed by atoms with Crippen LogP contribution in [-0.4, -0.2) is 18.9 Å². The van der Waals surface area contributed by atoms with E-state index < -0.39 is 0 Å². The molecule has 0 spiro atoms. The second-order valence-corrected chi connectivity index (χ2v) is 13.0. The van der Waals surface area contributed by atoms with E-state index in [2.05, 4.69) is 118 Å². The van der Waals surface area contributed by atoms with Crippen LogP contribution in [0.5, 0.6) is 0 Å². The molecule has 0 bridgehead atoms. The molecule has 5 heteroatoms. The Labute approximate surface area is 278 Å². The Morgan fingerprint density at radius 3 is 1.96 bits per heavy atom. The lowest BCUT2D eigenvalue weighted by Crippen LogP contribution is -1.92. The molecule has 0 N–H and O–H groups in total. The molecule has 0 aliphatic rings. The summed E-state index contributed by atoms with van der Waals surface area (Å²) >= 11 is 0. The largest absolute Gasteiger partial charge is 0.455 e. The Morgan fingerprint density at radius 1 is 0.469 bits per heavy atom. The summed E-state index contributed by atoms with van der Waals surface area (Å²) in [6.07, 6.45) is 0. The van der Waals surface area contributed by atoms with Crippen LogP contribution in [-0.2, 0) is 0 Å². The standard InChI is InChI=1S/C44H24N4O/c1-2-10-27(11-3-1)47-36-16-8-4-12-28(36)30-22-25(18-20-37(30)47)26-19-21-38-31(23-26)32-24-33-29-13-5-9-17-39(29)49-43(33)40-41-44(48(38)42(32)40)46-35-15-7-6-14-34(35)45-41/h1-24H. The van der Waals surface area contributed by atoms with Crippen molar-refractivity contribution in [1.29, 1.82) is 0 Å². The molecule has 0 saturated heterocycles. The second-order valence-electron chi connectivity index (χ2n) is 13.0. The SMILES string of the molecule is c1ccc(-n2c3ccccc3c3cc(-c4ccc5c(c4)c4cc6c7ccccc7oc6c6c7nc8ccccc8nc7n5c46)ccc32)cc1. The number of hydrogen-bond donors (Lipinski definition) is 0. The molecular formula is C44H24N4O. The summed E-state index contributed by atoms with van der Waals surface area (Å²) in [5.41, 5.74) is 13.4. The summed E-state index contributed by atoms with van der Waals surface area (Å²) in [5.74, 6) is 0. The predicted molar refractivity (Wildman–Crippen MR) is 201 cm³/mol. The van der Waals surface area contributed by atoms with E-state index in [0.717, 1.165) is 66.2 Å². The minimum Gasteiger partial charge on any atom is -0.455 e. The molecule has 5 heterocycles. The van der Waals surface area contributed by atoms with E-state index in [4.69, 9.17) is 14.4 Å². The van der Waals surface area contributed by atoms with Gasteiger partial charge < -0.3 is 8.98 Å². The molecule has 0 unspecified atom stereocenters. The molecule has 0 atom stereocenters. The van der Waals surface area contributed by atoms with Crippen molar-refractivity contribution >= 4 is 93.1 Å². The smallest absolute Gasteiger partial charge is 0.165 e. The van der Waals surface area contributed by atoms with Crippen molar-refractivity contribution < 1.29 is 4.42 Å². The molecule has 49 heavy (non-hydrogen) atoms. The Kier molecular flexibility index (Phi) is 4.66. The zero-order chi connectivity index (χ0) is 31.8. The van der Waals surface area contributed by atoms with Gasteiger partial charge in [0.2, 0.25) is 0 Å². The van der Waals surface area contributed by atoms with Crippen LogP contribution in [0.4, 0.5) is 0 Å². The maximum atomic E-state index is 6.60. The molecule has 0 amide bonds. The van der Waals surface area contributed by atoms with E-state index in [1.54, 1.807) is 0 Å². The molecule has 12 aromatic rings. The van der Waals surface area contributed by atoms with Crippen LogP contribution >= 0.6 is 0 Å². The summed E-state index contributed by atoms with van der Waals surface area (Å²) in [6.45, 7) is 0. The number of hydrogen-bond acceptors (Lipinski definition) is 3. The molecule has 0 saturated carbocycles. The van der Waals surface area contributed by atoms with Crippen LogP contribution in [0.15, 0.2) is 150 Å². The normalized spacial score (nSPS) is 12.5. The van der Waals surface area contributed by atoms with Crippen molar-refractivity contribution in [1.82, 2.24) is 18.9 Å². The van der Waals surface area contributed by atoms with Gasteiger partial charge in [-0.15, -0.1) is 0 Å². The lowest BCUT2D eigenvalue weighted by Gasteiger charge is -2.08. The highest BCUT2D eigenvalue weighted by atomic mass is 16.3. The summed E-state index contributed by atoms with van der Waals surface area (Å²) in [4.78, 5) is 10.4. The zero-order valence-corrected chi connectivity index (χ0v) is 26.1. The lowest BCUT2D eigenvalue weighted by molar-refractivity contribution is 0.673. The van der Waals surface area contributed by atoms with Gasteiger partial charge in [0.15, 0.2) is 5.65 Å². The zero-order valence-electron chi connectivity index (χ0n) is 26.1. The molecule has 7 aromatic carbocycles. The van der Waals surface area contributed by atoms with Gasteiger partial charge in [0.1, 0.15) is 16.7 Å². The van der Waals surface area contributed by atoms with Crippen LogP contribution in [0, 0.1) is 0 Å². The third-order valence-corrected chi connectivity index (χ3v) is 10.4. The van der Waals surface area contributed by atoms with Gasteiger partial charge in [-0.2, -0.15) is 0 Å². The second kappa shape index (κ2) is 9.00. The summed E-state index contributed by atoms with van der Waals surface area (Å²) in [6, 6.07) is 51.7. The fourth-order valence-corrected chi connectivity index (χ4v) is 8.30. The van der Waals surface area contributed by atoms with Gasteiger partial charge in [-0.1, -0.05) is 78.9 Å². The van der Waals surface area contributed by atoms with Gasteiger partial charge in [-0.25, -0.2) is 9.97 Å². The molecular weight excluding hydrogens is 601 g/mol. The van der Waals surface area contributed by atoms with Crippen LogP contribution in [0.3, 0.4) is 0 Å². The molecule has 226 valence electrons. The maximum absolute atomic E-state index is 6.60. The van der Waals surface area contributed by atoms with E-state index in [0.29, 0.717) is 0 Å². The van der Waals surface area contributed by atoms with Gasteiger partial charge in [0.25, 0.3) is 0 Å². The topological polar surface area (TPSA) is 48.3 Å². The third kappa shape index (κ3) is 3.24. The summed E-state index contributed by atoms with van der Waals surface area (Å²) in [7, 11) is 0. The molecule has 12 rings (SSSR count). The first-order valence-electron chi connectivity index (χ1n) is 16.6. The first-order chi connectivity index (χ1) is 24.3. The number of aromatic nitrogens is 4. The van der Waals surface area contributed by atoms with E-state index in [-0.39, 0.29) is 0 Å². The van der Waals surface area contributed by atoms with Crippen molar-refractivity contribution in [3.63, 3.8) is 0 Å². The molecule has 5 aromatic heterocycles. The van der Waals surface area contributed by atoms with Gasteiger partial charge in [-0.3, -0.25) is 4.40 Å². The Morgan fingerprint density at radius 2 is 1.12 bits per heavy atom. The Hall–Kier alpha value is -6.72. The van der Waals surface area contributed by atoms with Crippen LogP contribution in [0.25, 0.3) is 110 Å². The highest BCUT2D eigenvalue weighted by Gasteiger charge is 2.25. The van der Waals surface area contributed by atoms with Gasteiger partial charge in [-0.05, 0) is 77.9 Å². The van der Waals surface area contributed by atoms with Crippen molar-refractivity contribution in [3.8, 4) is 16.8 Å². The third-order valence-electron chi connectivity index (χ3n) is 10.4. The fraction of sp³-hybridized carbons (Fsp3) is 0. The van der Waals surface area contributed by atoms with Crippen LogP contribution in [0.2, 0.25) is 0 Å². The van der Waals surface area contributed by atoms with E-state index >= 15 is 0 Å². The number of nitrogens with zero attached hydrogens (tertiary/aromatic N) is 4. The number of benzene rings is 7. The van der Waals surface area contributed by atoms with Gasteiger partial charge in [0.05, 0.1) is 38.5 Å². The molecule has 0 aliphatic heterocycles. The summed E-state index contributed by atoms with van der Waals surface area (Å²) < 4.78 is 11.3. The first kappa shape index (κ1) is 25.4. The van der Waals surface area contributed by atoms with Crippen LogP contribution < -0.4 is 0 Å². The van der Waals surface area contributed by atoms with Crippen LogP contribution in [0.1, 0.15) is 0 Å². The van der Waals surface area contributed by atoms with E-state index in [9.17, 15) is 0 Å². The molecule has 0 fully saturated rings. The Balaban J connectivity index is 1.17. The average Bonchev–Trinajstić information content (AvgIpc) is 3.89.